The summed E-state index contributed by atoms with van der Waals surface area (Å²) in [5.74, 6) is 2.47. The van der Waals surface area contributed by atoms with Gasteiger partial charge < -0.3 is 28.9 Å². The highest BCUT2D eigenvalue weighted by Crippen LogP contribution is 2.46. The van der Waals surface area contributed by atoms with Crippen LogP contribution in [0.1, 0.15) is 211 Å². The van der Waals surface area contributed by atoms with Crippen molar-refractivity contribution in [1.29, 1.82) is 0 Å². The van der Waals surface area contributed by atoms with Crippen molar-refractivity contribution in [2.75, 3.05) is 0 Å². The van der Waals surface area contributed by atoms with E-state index in [1.807, 2.05) is 36.4 Å². The zero-order chi connectivity index (χ0) is 39.8. The second kappa shape index (κ2) is 26.7. The molecular formula is C48H75O6P. The van der Waals surface area contributed by atoms with Crippen LogP contribution in [0.5, 0.6) is 34.5 Å². The summed E-state index contributed by atoms with van der Waals surface area (Å²) in [7, 11) is -2.11. The van der Waals surface area contributed by atoms with Crippen LogP contribution in [-0.2, 0) is 0 Å². The number of aromatic hydroxyl groups is 3. The Balaban J connectivity index is 1.82. The Morgan fingerprint density at radius 3 is 0.909 bits per heavy atom. The fraction of sp³-hybridized carbons (Fsp3) is 0.625. The first-order valence-corrected chi connectivity index (χ1v) is 23.1. The summed E-state index contributed by atoms with van der Waals surface area (Å²) in [5.41, 5.74) is 3.01. The molecule has 0 radical (unpaired) electrons. The van der Waals surface area contributed by atoms with Gasteiger partial charge in [0, 0.05) is 18.2 Å². The van der Waals surface area contributed by atoms with E-state index in [0.29, 0.717) is 17.2 Å². The van der Waals surface area contributed by atoms with Crippen LogP contribution in [0.2, 0.25) is 0 Å². The lowest BCUT2D eigenvalue weighted by molar-refractivity contribution is 0.382. The van der Waals surface area contributed by atoms with Gasteiger partial charge in [0.05, 0.1) is 0 Å². The molecule has 3 atom stereocenters. The van der Waals surface area contributed by atoms with Crippen LogP contribution in [0.25, 0.3) is 0 Å². The number of phenolic OH excluding ortho intramolecular Hbond substituents is 3. The average molecular weight is 779 g/mol. The van der Waals surface area contributed by atoms with Crippen molar-refractivity contribution in [2.24, 2.45) is 0 Å². The highest BCUT2D eigenvalue weighted by molar-refractivity contribution is 7.43. The Morgan fingerprint density at radius 1 is 0.382 bits per heavy atom. The maximum absolute atomic E-state index is 10.8. The van der Waals surface area contributed by atoms with Crippen LogP contribution >= 0.6 is 8.60 Å². The first kappa shape index (κ1) is 46.3. The summed E-state index contributed by atoms with van der Waals surface area (Å²) in [6, 6.07) is 16.1. The van der Waals surface area contributed by atoms with Crippen molar-refractivity contribution in [2.45, 2.75) is 194 Å². The zero-order valence-corrected chi connectivity index (χ0v) is 36.2. The fourth-order valence-electron chi connectivity index (χ4n) is 7.34. The molecule has 0 bridgehead atoms. The van der Waals surface area contributed by atoms with Crippen molar-refractivity contribution < 1.29 is 28.9 Å². The summed E-state index contributed by atoms with van der Waals surface area (Å²) in [4.78, 5) is 0. The quantitative estimate of drug-likeness (QED) is 0.0461. The number of hydrogen-bond donors (Lipinski definition) is 3. The molecule has 0 amide bonds. The van der Waals surface area contributed by atoms with Gasteiger partial charge in [-0.15, -0.1) is 0 Å². The summed E-state index contributed by atoms with van der Waals surface area (Å²) < 4.78 is 19.4. The second-order valence-electron chi connectivity index (χ2n) is 16.2. The minimum absolute atomic E-state index is 0.128. The Bertz CT molecular complexity index is 1300. The Labute approximate surface area is 336 Å². The highest BCUT2D eigenvalue weighted by atomic mass is 31.2. The standard InChI is InChI=1S/C48H75O6P/c1-7-10-13-16-19-22-25-37(4)40-28-43(49)34-46(31-40)52-55(53-47-32-41(29-44(50)35-47)38(5)26-23-20-17-14-11-8-2)54-48-33-42(30-45(51)36-48)39(6)27-24-21-18-15-12-9-3/h28-39,49-51H,7-27H2,1-6H3/t37-,38-,39+/m1/s1. The number of benzene rings is 3. The van der Waals surface area contributed by atoms with Crippen LogP contribution in [-0.4, -0.2) is 15.3 Å². The SMILES string of the molecule is CCCCCCCC[C@@H](C)c1cc(O)cc(OP(Oc2cc(O)cc([C@H](C)CCCCCCCC)c2)Oc2cc(O)cc([C@@H](C)CCCCCCCC)c2)c1. The van der Waals surface area contributed by atoms with E-state index in [0.717, 1.165) is 55.2 Å². The van der Waals surface area contributed by atoms with Gasteiger partial charge in [0.25, 0.3) is 0 Å². The molecule has 0 aliphatic carbocycles. The first-order valence-electron chi connectivity index (χ1n) is 22.0. The monoisotopic (exact) mass is 779 g/mol. The lowest BCUT2D eigenvalue weighted by Crippen LogP contribution is -2.04. The van der Waals surface area contributed by atoms with E-state index < -0.39 is 8.60 Å². The van der Waals surface area contributed by atoms with E-state index in [1.165, 1.54) is 96.3 Å². The molecule has 0 fully saturated rings. The number of hydrogen-bond acceptors (Lipinski definition) is 6. The molecule has 3 aromatic rings. The smallest absolute Gasteiger partial charge is 0.508 e. The Kier molecular flexibility index (Phi) is 22.5. The molecule has 6 nitrogen and oxygen atoms in total. The van der Waals surface area contributed by atoms with Gasteiger partial charge in [0.2, 0.25) is 0 Å². The van der Waals surface area contributed by atoms with E-state index in [2.05, 4.69) is 41.5 Å². The molecule has 0 saturated heterocycles. The van der Waals surface area contributed by atoms with Gasteiger partial charge in [-0.05, 0) is 90.1 Å². The normalized spacial score (nSPS) is 13.1. The van der Waals surface area contributed by atoms with Gasteiger partial charge in [-0.25, -0.2) is 0 Å². The van der Waals surface area contributed by atoms with Crippen molar-refractivity contribution >= 4 is 8.60 Å². The van der Waals surface area contributed by atoms with Gasteiger partial charge in [0.15, 0.2) is 0 Å². The molecule has 0 spiro atoms. The van der Waals surface area contributed by atoms with Crippen LogP contribution in [0, 0.1) is 0 Å². The molecule has 3 aromatic carbocycles. The van der Waals surface area contributed by atoms with Gasteiger partial charge in [-0.3, -0.25) is 0 Å². The van der Waals surface area contributed by atoms with Crippen molar-refractivity contribution in [3.05, 3.63) is 71.3 Å². The molecule has 0 aliphatic rings. The zero-order valence-electron chi connectivity index (χ0n) is 35.3. The molecule has 0 unspecified atom stereocenters. The van der Waals surface area contributed by atoms with Crippen LogP contribution in [0.4, 0.5) is 0 Å². The predicted molar refractivity (Wildman–Crippen MR) is 232 cm³/mol. The minimum Gasteiger partial charge on any atom is -0.508 e. The summed E-state index contributed by atoms with van der Waals surface area (Å²) in [6.45, 7) is 13.3. The van der Waals surface area contributed by atoms with Gasteiger partial charge in [-0.2, -0.15) is 0 Å². The first-order chi connectivity index (χ1) is 26.6. The summed E-state index contributed by atoms with van der Waals surface area (Å²) in [6.07, 6.45) is 25.4. The molecule has 0 saturated carbocycles. The summed E-state index contributed by atoms with van der Waals surface area (Å²) in [5, 5.41) is 32.4. The number of rotatable bonds is 30. The van der Waals surface area contributed by atoms with E-state index in [4.69, 9.17) is 13.6 Å². The molecule has 308 valence electrons. The molecule has 7 heteroatoms. The van der Waals surface area contributed by atoms with Crippen molar-refractivity contribution in [3.63, 3.8) is 0 Å². The molecule has 0 aromatic heterocycles. The molecule has 0 heterocycles. The molecule has 3 N–H and O–H groups in total. The second-order valence-corrected chi connectivity index (χ2v) is 17.1. The maximum atomic E-state index is 10.8. The van der Waals surface area contributed by atoms with Gasteiger partial charge >= 0.3 is 8.60 Å². The Hall–Kier alpha value is -3.11. The topological polar surface area (TPSA) is 88.4 Å². The van der Waals surface area contributed by atoms with Crippen LogP contribution < -0.4 is 13.6 Å². The van der Waals surface area contributed by atoms with Crippen molar-refractivity contribution in [3.8, 4) is 34.5 Å². The lowest BCUT2D eigenvalue weighted by Gasteiger charge is -2.21. The third-order valence-corrected chi connectivity index (χ3v) is 12.0. The van der Waals surface area contributed by atoms with E-state index in [-0.39, 0.29) is 35.0 Å². The molecular weight excluding hydrogens is 703 g/mol. The molecule has 55 heavy (non-hydrogen) atoms. The van der Waals surface area contributed by atoms with Gasteiger partial charge in [-0.1, -0.05) is 157 Å². The number of unbranched alkanes of at least 4 members (excludes halogenated alkanes) is 15. The largest absolute Gasteiger partial charge is 0.530 e. The van der Waals surface area contributed by atoms with Crippen molar-refractivity contribution in [1.82, 2.24) is 0 Å². The van der Waals surface area contributed by atoms with E-state index in [9.17, 15) is 15.3 Å². The third-order valence-electron chi connectivity index (χ3n) is 11.0. The van der Waals surface area contributed by atoms with E-state index >= 15 is 0 Å². The van der Waals surface area contributed by atoms with Crippen LogP contribution in [0.15, 0.2) is 54.6 Å². The van der Waals surface area contributed by atoms with Gasteiger partial charge in [0.1, 0.15) is 34.5 Å². The predicted octanol–water partition coefficient (Wildman–Crippen LogP) is 16.1. The average Bonchev–Trinajstić information content (AvgIpc) is 3.14. The fourth-order valence-corrected chi connectivity index (χ4v) is 8.28. The molecule has 0 aliphatic heterocycles. The lowest BCUT2D eigenvalue weighted by atomic mass is 9.94. The third kappa shape index (κ3) is 18.6. The minimum atomic E-state index is -2.11. The number of phenols is 3. The van der Waals surface area contributed by atoms with E-state index in [1.54, 1.807) is 18.2 Å². The maximum Gasteiger partial charge on any atom is 0.530 e. The highest BCUT2D eigenvalue weighted by Gasteiger charge is 2.24. The van der Waals surface area contributed by atoms with Crippen LogP contribution in [0.3, 0.4) is 0 Å². The molecule has 3 rings (SSSR count). The Morgan fingerprint density at radius 2 is 0.636 bits per heavy atom. The summed E-state index contributed by atoms with van der Waals surface area (Å²) >= 11 is 0.